The highest BCUT2D eigenvalue weighted by atomic mass is 32.1. The van der Waals surface area contributed by atoms with Crippen molar-refractivity contribution < 1.29 is 4.42 Å². The molecule has 65 heavy (non-hydrogen) atoms. The molecule has 0 unspecified atom stereocenters. The Hall–Kier alpha value is -8.19. The summed E-state index contributed by atoms with van der Waals surface area (Å²) in [6.07, 6.45) is 0. The number of para-hydroxylation sites is 2. The molecule has 0 bridgehead atoms. The highest BCUT2D eigenvalue weighted by Crippen LogP contribution is 2.44. The molecule has 0 saturated carbocycles. The second-order valence-corrected chi connectivity index (χ2v) is 17.5. The molecule has 0 aliphatic rings. The van der Waals surface area contributed by atoms with Crippen molar-refractivity contribution in [1.29, 1.82) is 0 Å². The van der Waals surface area contributed by atoms with Crippen molar-refractivity contribution in [3.63, 3.8) is 0 Å². The molecule has 14 aromatic rings. The zero-order valence-electron chi connectivity index (χ0n) is 35.6. The van der Waals surface area contributed by atoms with Crippen LogP contribution in [-0.4, -0.2) is 19.5 Å². The molecule has 0 aliphatic heterocycles. The van der Waals surface area contributed by atoms with Crippen molar-refractivity contribution in [3.8, 4) is 39.9 Å². The molecule has 0 radical (unpaired) electrons. The van der Waals surface area contributed by atoms with Crippen LogP contribution in [0, 0.1) is 0 Å². The lowest BCUT2D eigenvalue weighted by Gasteiger charge is -2.13. The number of fused-ring (bicyclic) bond motifs is 13. The van der Waals surface area contributed by atoms with Crippen LogP contribution < -0.4 is 0 Å². The Kier molecular flexibility index (Phi) is 8.45. The average Bonchev–Trinajstić information content (AvgIpc) is 4.05. The van der Waals surface area contributed by atoms with E-state index in [4.69, 9.17) is 19.4 Å². The molecule has 0 N–H and O–H groups in total. The fraction of sp³-hybridized carbons (Fsp3) is 0.0339. The molecule has 0 spiro atoms. The lowest BCUT2D eigenvalue weighted by atomic mass is 9.99. The smallest absolute Gasteiger partial charge is 0.238 e. The zero-order chi connectivity index (χ0) is 43.2. The van der Waals surface area contributed by atoms with Crippen LogP contribution in [0.2, 0.25) is 0 Å². The summed E-state index contributed by atoms with van der Waals surface area (Å²) < 4.78 is 11.2. The van der Waals surface area contributed by atoms with Crippen LogP contribution in [-0.2, 0) is 0 Å². The molecule has 0 amide bonds. The first-order chi connectivity index (χ1) is 32.2. The van der Waals surface area contributed by atoms with Crippen LogP contribution in [0.15, 0.2) is 199 Å². The van der Waals surface area contributed by atoms with Gasteiger partial charge in [0.25, 0.3) is 0 Å². The van der Waals surface area contributed by atoms with E-state index in [9.17, 15) is 0 Å². The summed E-state index contributed by atoms with van der Waals surface area (Å²) >= 11 is 1.85. The Bertz CT molecular complexity index is 4230. The largest absolute Gasteiger partial charge is 0.456 e. The fourth-order valence-electron chi connectivity index (χ4n) is 9.82. The minimum Gasteiger partial charge on any atom is -0.456 e. The summed E-state index contributed by atoms with van der Waals surface area (Å²) in [5.74, 6) is 1.71. The summed E-state index contributed by atoms with van der Waals surface area (Å²) in [4.78, 5) is 16.1. The lowest BCUT2D eigenvalue weighted by molar-refractivity contribution is 0.669. The van der Waals surface area contributed by atoms with E-state index in [1.54, 1.807) is 0 Å². The monoisotopic (exact) mass is 850 g/mol. The van der Waals surface area contributed by atoms with E-state index in [-0.39, 0.29) is 0 Å². The first-order valence-electron chi connectivity index (χ1n) is 22.2. The number of hydrogen-bond donors (Lipinski definition) is 0. The third-order valence-corrected chi connectivity index (χ3v) is 13.9. The molecule has 6 heteroatoms. The number of rotatable bonds is 4. The maximum absolute atomic E-state index is 6.40. The van der Waals surface area contributed by atoms with Crippen molar-refractivity contribution in [2.75, 3.05) is 0 Å². The average molecular weight is 851 g/mol. The fourth-order valence-corrected chi connectivity index (χ4v) is 11.0. The standard InChI is InChI=1S/C57H32N4OS.C2H6/c1-2-12-35-28-39(21-20-33(35)10-1)55-58-56(40-23-25-44-43-16-7-8-19-49(43)62-50(44)31-40)60-57(59-55)61-48-30-37-14-4-3-13-36(37)29-47(48)45-18-9-17-42(54(45)61)38-22-26-46-52(32-38)63-51-27-24-34-11-5-6-15-41(34)53(46)51;1-2/h1-32H;1-2H3. The summed E-state index contributed by atoms with van der Waals surface area (Å²) in [7, 11) is 0. The van der Waals surface area contributed by atoms with E-state index in [0.717, 1.165) is 82.2 Å². The van der Waals surface area contributed by atoms with Gasteiger partial charge in [0.2, 0.25) is 5.95 Å². The van der Waals surface area contributed by atoms with Gasteiger partial charge in [0.15, 0.2) is 11.6 Å². The summed E-state index contributed by atoms with van der Waals surface area (Å²) in [5, 5.41) is 14.2. The molecule has 10 aromatic carbocycles. The van der Waals surface area contributed by atoms with Gasteiger partial charge in [-0.3, -0.25) is 4.57 Å². The van der Waals surface area contributed by atoms with Gasteiger partial charge in [0.05, 0.1) is 11.0 Å². The van der Waals surface area contributed by atoms with Gasteiger partial charge >= 0.3 is 0 Å². The van der Waals surface area contributed by atoms with E-state index in [1.165, 1.54) is 36.3 Å². The number of hydrogen-bond acceptors (Lipinski definition) is 5. The molecule has 0 saturated heterocycles. The number of benzene rings is 10. The zero-order valence-corrected chi connectivity index (χ0v) is 36.4. The Balaban J connectivity index is 0.00000209. The van der Waals surface area contributed by atoms with Crippen molar-refractivity contribution >= 4 is 108 Å². The van der Waals surface area contributed by atoms with E-state index in [0.29, 0.717) is 17.6 Å². The SMILES string of the molecule is CC.c1ccc2cc(-c3nc(-c4ccc5c(c4)oc4ccccc45)nc(-n4c5cc6ccccc6cc5c5cccc(-c6ccc7c(c6)sc6ccc8ccccc8c67)c54)n3)ccc2c1. The molecule has 0 fully saturated rings. The summed E-state index contributed by atoms with van der Waals surface area (Å²) in [5.41, 5.74) is 7.72. The highest BCUT2D eigenvalue weighted by molar-refractivity contribution is 7.26. The van der Waals surface area contributed by atoms with E-state index >= 15 is 0 Å². The second-order valence-electron chi connectivity index (χ2n) is 16.4. The van der Waals surface area contributed by atoms with Crippen LogP contribution in [0.3, 0.4) is 0 Å². The van der Waals surface area contributed by atoms with Crippen molar-refractivity contribution in [2.24, 2.45) is 0 Å². The molecular weight excluding hydrogens is 813 g/mol. The van der Waals surface area contributed by atoms with Crippen LogP contribution >= 0.6 is 11.3 Å². The van der Waals surface area contributed by atoms with Crippen LogP contribution in [0.25, 0.3) is 136 Å². The number of nitrogens with zero attached hydrogens (tertiary/aromatic N) is 4. The molecular formula is C59H38N4OS. The molecule has 4 heterocycles. The summed E-state index contributed by atoms with van der Waals surface area (Å²) in [6.45, 7) is 4.00. The van der Waals surface area contributed by atoms with Gasteiger partial charge in [-0.2, -0.15) is 9.97 Å². The quantitative estimate of drug-likeness (QED) is 0.177. The Morgan fingerprint density at radius 2 is 1.02 bits per heavy atom. The number of furan rings is 1. The topological polar surface area (TPSA) is 56.7 Å². The highest BCUT2D eigenvalue weighted by Gasteiger charge is 2.22. The minimum absolute atomic E-state index is 0.546. The molecule has 5 nitrogen and oxygen atoms in total. The number of thiophene rings is 1. The first kappa shape index (κ1) is 37.4. The summed E-state index contributed by atoms with van der Waals surface area (Å²) in [6, 6.07) is 69.3. The van der Waals surface area contributed by atoms with Gasteiger partial charge in [0.1, 0.15) is 11.2 Å². The molecule has 306 valence electrons. The Morgan fingerprint density at radius 3 is 1.85 bits per heavy atom. The predicted molar refractivity (Wildman–Crippen MR) is 275 cm³/mol. The van der Waals surface area contributed by atoms with Gasteiger partial charge in [-0.05, 0) is 86.4 Å². The van der Waals surface area contributed by atoms with Gasteiger partial charge in [0, 0.05) is 58.4 Å². The van der Waals surface area contributed by atoms with Crippen LogP contribution in [0.1, 0.15) is 13.8 Å². The predicted octanol–water partition coefficient (Wildman–Crippen LogP) is 16.7. The maximum atomic E-state index is 6.40. The molecule has 4 aromatic heterocycles. The van der Waals surface area contributed by atoms with E-state index in [1.807, 2.05) is 43.4 Å². The van der Waals surface area contributed by atoms with Gasteiger partial charge in [-0.1, -0.05) is 159 Å². The lowest BCUT2D eigenvalue weighted by Crippen LogP contribution is -2.07. The van der Waals surface area contributed by atoms with Gasteiger partial charge in [-0.15, -0.1) is 11.3 Å². The maximum Gasteiger partial charge on any atom is 0.238 e. The first-order valence-corrected chi connectivity index (χ1v) is 23.0. The van der Waals surface area contributed by atoms with E-state index < -0.39 is 0 Å². The van der Waals surface area contributed by atoms with Crippen molar-refractivity contribution in [1.82, 2.24) is 19.5 Å². The molecule has 14 rings (SSSR count). The van der Waals surface area contributed by atoms with Crippen LogP contribution in [0.5, 0.6) is 0 Å². The van der Waals surface area contributed by atoms with Crippen molar-refractivity contribution in [3.05, 3.63) is 194 Å². The third kappa shape index (κ3) is 5.88. The normalized spacial score (nSPS) is 11.8. The Morgan fingerprint density at radius 1 is 0.400 bits per heavy atom. The minimum atomic E-state index is 0.546. The molecule has 0 aliphatic carbocycles. The Labute approximate surface area is 377 Å². The van der Waals surface area contributed by atoms with Crippen LogP contribution in [0.4, 0.5) is 0 Å². The second kappa shape index (κ2) is 14.7. The van der Waals surface area contributed by atoms with Gasteiger partial charge < -0.3 is 4.42 Å². The van der Waals surface area contributed by atoms with Gasteiger partial charge in [-0.25, -0.2) is 4.98 Å². The van der Waals surface area contributed by atoms with Crippen molar-refractivity contribution in [2.45, 2.75) is 13.8 Å². The van der Waals surface area contributed by atoms with E-state index in [2.05, 4.69) is 180 Å². The molecule has 0 atom stereocenters. The third-order valence-electron chi connectivity index (χ3n) is 12.8. The number of aromatic nitrogens is 4.